The summed E-state index contributed by atoms with van der Waals surface area (Å²) in [6, 6.07) is 45.9. The second kappa shape index (κ2) is 8.75. The number of rotatable bonds is 2. The predicted molar refractivity (Wildman–Crippen MR) is 181 cm³/mol. The van der Waals surface area contributed by atoms with Crippen molar-refractivity contribution >= 4 is 32.7 Å². The van der Waals surface area contributed by atoms with Gasteiger partial charge in [0.25, 0.3) is 0 Å². The minimum absolute atomic E-state index is 0.282. The molecule has 0 spiro atoms. The van der Waals surface area contributed by atoms with Crippen molar-refractivity contribution in [1.82, 2.24) is 14.5 Å². The summed E-state index contributed by atoms with van der Waals surface area (Å²) in [6.07, 6.45) is 0.976. The van der Waals surface area contributed by atoms with E-state index in [1.807, 2.05) is 6.07 Å². The molecule has 2 heterocycles. The Morgan fingerprint density at radius 2 is 1.30 bits per heavy atom. The highest BCUT2D eigenvalue weighted by Gasteiger charge is 2.36. The van der Waals surface area contributed by atoms with Gasteiger partial charge in [-0.05, 0) is 63.4 Å². The van der Waals surface area contributed by atoms with E-state index in [0.717, 1.165) is 34.5 Å². The molecule has 6 aromatic carbocycles. The van der Waals surface area contributed by atoms with Crippen molar-refractivity contribution in [3.8, 4) is 50.5 Å². The molecule has 0 radical (unpaired) electrons. The fourth-order valence-corrected chi connectivity index (χ4v) is 7.93. The first-order chi connectivity index (χ1) is 21.8. The van der Waals surface area contributed by atoms with Gasteiger partial charge in [0.2, 0.25) is 0 Å². The molecule has 0 saturated carbocycles. The van der Waals surface area contributed by atoms with Crippen LogP contribution in [0.3, 0.4) is 0 Å². The Balaban J connectivity index is 1.49. The van der Waals surface area contributed by atoms with Gasteiger partial charge in [0.15, 0.2) is 5.82 Å². The van der Waals surface area contributed by atoms with Crippen LogP contribution in [0.4, 0.5) is 0 Å². The standard InChI is InChI=1S/C41H27N3/c1-24-22-27-15-11-19-31-29-17-7-8-18-30(29)32-23-26-14-5-6-16-28(26)40-36(32)37(35(27)31)39(24)44(40)41-38(25-12-3-2-4-13-25)42-33-20-9-10-21-34(33)43-41/h2-21,23-24H,22H2,1H3. The molecule has 3 heteroatoms. The molecule has 206 valence electrons. The third-order valence-corrected chi connectivity index (χ3v) is 9.70. The van der Waals surface area contributed by atoms with Gasteiger partial charge in [-0.15, -0.1) is 0 Å². The molecule has 10 rings (SSSR count). The lowest BCUT2D eigenvalue weighted by Gasteiger charge is -2.27. The zero-order chi connectivity index (χ0) is 28.9. The third kappa shape index (κ3) is 3.11. The summed E-state index contributed by atoms with van der Waals surface area (Å²) >= 11 is 0. The Morgan fingerprint density at radius 1 is 0.614 bits per heavy atom. The van der Waals surface area contributed by atoms with Gasteiger partial charge in [0, 0.05) is 33.5 Å². The van der Waals surface area contributed by atoms with Gasteiger partial charge in [-0.1, -0.05) is 116 Å². The van der Waals surface area contributed by atoms with E-state index >= 15 is 0 Å². The number of nitrogens with zero attached hydrogens (tertiary/aromatic N) is 3. The molecule has 0 bridgehead atoms. The summed E-state index contributed by atoms with van der Waals surface area (Å²) in [6.45, 7) is 2.38. The van der Waals surface area contributed by atoms with Crippen molar-refractivity contribution in [1.29, 1.82) is 0 Å². The van der Waals surface area contributed by atoms with E-state index in [4.69, 9.17) is 9.97 Å². The van der Waals surface area contributed by atoms with Crippen LogP contribution in [0.15, 0.2) is 127 Å². The number of benzene rings is 6. The van der Waals surface area contributed by atoms with Crippen molar-refractivity contribution in [3.05, 3.63) is 139 Å². The van der Waals surface area contributed by atoms with Gasteiger partial charge in [-0.25, -0.2) is 9.97 Å². The lowest BCUT2D eigenvalue weighted by Crippen LogP contribution is -2.15. The summed E-state index contributed by atoms with van der Waals surface area (Å²) < 4.78 is 2.50. The molecule has 2 aromatic heterocycles. The zero-order valence-electron chi connectivity index (χ0n) is 24.3. The first kappa shape index (κ1) is 24.0. The van der Waals surface area contributed by atoms with Gasteiger partial charge in [-0.2, -0.15) is 0 Å². The molecular formula is C41H27N3. The average molecular weight is 562 g/mol. The molecule has 2 aliphatic rings. The SMILES string of the molecule is CC1Cc2cccc3c2-c2c1n(-c1nc4ccccc4nc1-c1ccccc1)c1c2c(cc2ccccc21)-c1ccccc1-3. The van der Waals surface area contributed by atoms with Gasteiger partial charge < -0.3 is 0 Å². The maximum Gasteiger partial charge on any atom is 0.164 e. The number of hydrogen-bond donors (Lipinski definition) is 0. The minimum Gasteiger partial charge on any atom is -0.295 e. The van der Waals surface area contributed by atoms with E-state index in [2.05, 4.69) is 133 Å². The van der Waals surface area contributed by atoms with Crippen molar-refractivity contribution < 1.29 is 0 Å². The average Bonchev–Trinajstić information content (AvgIpc) is 3.39. The summed E-state index contributed by atoms with van der Waals surface area (Å²) in [5.41, 5.74) is 15.7. The predicted octanol–water partition coefficient (Wildman–Crippen LogP) is 10.4. The Bertz CT molecular complexity index is 2490. The summed E-state index contributed by atoms with van der Waals surface area (Å²) in [5, 5.41) is 3.79. The van der Waals surface area contributed by atoms with Crippen molar-refractivity contribution in [3.63, 3.8) is 0 Å². The normalized spacial score (nSPS) is 14.6. The highest BCUT2D eigenvalue weighted by atomic mass is 15.1. The smallest absolute Gasteiger partial charge is 0.164 e. The van der Waals surface area contributed by atoms with Crippen LogP contribution in [0, 0.1) is 0 Å². The molecule has 0 amide bonds. The molecule has 1 unspecified atom stereocenters. The van der Waals surface area contributed by atoms with Crippen LogP contribution in [0.2, 0.25) is 0 Å². The molecule has 8 aromatic rings. The fraction of sp³-hybridized carbons (Fsp3) is 0.0732. The van der Waals surface area contributed by atoms with Crippen LogP contribution in [0.25, 0.3) is 83.2 Å². The Hall–Kier alpha value is -5.54. The van der Waals surface area contributed by atoms with Crippen LogP contribution in [0.5, 0.6) is 0 Å². The number of para-hydroxylation sites is 2. The van der Waals surface area contributed by atoms with E-state index in [1.165, 1.54) is 66.3 Å². The van der Waals surface area contributed by atoms with Gasteiger partial charge >= 0.3 is 0 Å². The van der Waals surface area contributed by atoms with Gasteiger partial charge in [-0.3, -0.25) is 4.57 Å². The summed E-state index contributed by atoms with van der Waals surface area (Å²) in [5.74, 6) is 1.18. The lowest BCUT2D eigenvalue weighted by atomic mass is 9.80. The Kier molecular flexibility index (Phi) is 4.76. The van der Waals surface area contributed by atoms with Crippen LogP contribution < -0.4 is 0 Å². The van der Waals surface area contributed by atoms with Crippen LogP contribution in [-0.2, 0) is 6.42 Å². The zero-order valence-corrected chi connectivity index (χ0v) is 24.3. The van der Waals surface area contributed by atoms with Crippen molar-refractivity contribution in [2.75, 3.05) is 0 Å². The molecule has 1 atom stereocenters. The molecule has 0 saturated heterocycles. The topological polar surface area (TPSA) is 30.7 Å². The van der Waals surface area contributed by atoms with Gasteiger partial charge in [0.05, 0.1) is 16.6 Å². The van der Waals surface area contributed by atoms with Gasteiger partial charge in [0.1, 0.15) is 5.69 Å². The summed E-state index contributed by atoms with van der Waals surface area (Å²) in [4.78, 5) is 10.8. The fourth-order valence-electron chi connectivity index (χ4n) is 7.93. The summed E-state index contributed by atoms with van der Waals surface area (Å²) in [7, 11) is 0. The van der Waals surface area contributed by atoms with Crippen LogP contribution in [0.1, 0.15) is 24.1 Å². The molecule has 2 aliphatic carbocycles. The number of aromatic nitrogens is 3. The molecule has 0 N–H and O–H groups in total. The minimum atomic E-state index is 0.282. The van der Waals surface area contributed by atoms with E-state index < -0.39 is 0 Å². The lowest BCUT2D eigenvalue weighted by molar-refractivity contribution is 0.703. The second-order valence-corrected chi connectivity index (χ2v) is 12.2. The largest absolute Gasteiger partial charge is 0.295 e. The maximum absolute atomic E-state index is 5.46. The molecular weight excluding hydrogens is 534 g/mol. The van der Waals surface area contributed by atoms with E-state index in [0.29, 0.717) is 0 Å². The molecule has 3 nitrogen and oxygen atoms in total. The number of hydrogen-bond acceptors (Lipinski definition) is 2. The first-order valence-electron chi connectivity index (χ1n) is 15.4. The Morgan fingerprint density at radius 3 is 2.14 bits per heavy atom. The van der Waals surface area contributed by atoms with E-state index in [9.17, 15) is 0 Å². The Labute approximate surface area is 255 Å². The molecule has 0 aliphatic heterocycles. The van der Waals surface area contributed by atoms with E-state index in [1.54, 1.807) is 0 Å². The first-order valence-corrected chi connectivity index (χ1v) is 15.4. The van der Waals surface area contributed by atoms with Crippen LogP contribution >= 0.6 is 0 Å². The van der Waals surface area contributed by atoms with E-state index in [-0.39, 0.29) is 5.92 Å². The molecule has 44 heavy (non-hydrogen) atoms. The molecule has 0 fully saturated rings. The number of fused-ring (bicyclic) bond motifs is 6. The quantitative estimate of drug-likeness (QED) is 0.210. The second-order valence-electron chi connectivity index (χ2n) is 12.2. The van der Waals surface area contributed by atoms with Crippen LogP contribution in [-0.4, -0.2) is 14.5 Å². The third-order valence-electron chi connectivity index (χ3n) is 9.70. The highest BCUT2D eigenvalue weighted by molar-refractivity contribution is 6.23. The van der Waals surface area contributed by atoms with Crippen molar-refractivity contribution in [2.24, 2.45) is 0 Å². The monoisotopic (exact) mass is 561 g/mol. The maximum atomic E-state index is 5.46. The highest BCUT2D eigenvalue weighted by Crippen LogP contribution is 2.57. The van der Waals surface area contributed by atoms with Crippen molar-refractivity contribution in [2.45, 2.75) is 19.3 Å².